The molecule has 5 heteroatoms. The first kappa shape index (κ1) is 19.0. The van der Waals surface area contributed by atoms with Gasteiger partial charge in [-0.2, -0.15) is 0 Å². The number of H-pyrrole nitrogens is 1. The summed E-state index contributed by atoms with van der Waals surface area (Å²) >= 11 is 0. The average molecular weight is 366 g/mol. The number of rotatable bonds is 7. The zero-order valence-electron chi connectivity index (χ0n) is 16.4. The standard InChI is InChI=1S/C22H27N3O2/c1-15(22(26)25(2)3)23-13-19(16-9-11-17(27-4)12-10-16)20-14-24-21-8-6-5-7-18(20)21/h5-12,14-15,19,23-24H,13H2,1-4H3/p+1/t15-,19+/m0/s1. The van der Waals surface area contributed by atoms with Gasteiger partial charge in [-0.1, -0.05) is 30.3 Å². The first-order valence-electron chi connectivity index (χ1n) is 9.25. The van der Waals surface area contributed by atoms with Gasteiger partial charge in [0.2, 0.25) is 0 Å². The fourth-order valence-electron chi connectivity index (χ4n) is 3.51. The average Bonchev–Trinajstić information content (AvgIpc) is 3.12. The smallest absolute Gasteiger partial charge is 0.279 e. The second-order valence-corrected chi connectivity index (χ2v) is 7.11. The van der Waals surface area contributed by atoms with Crippen molar-refractivity contribution < 1.29 is 14.8 Å². The maximum absolute atomic E-state index is 12.2. The van der Waals surface area contributed by atoms with E-state index < -0.39 is 0 Å². The zero-order chi connectivity index (χ0) is 19.4. The number of para-hydroxylation sites is 1. The zero-order valence-corrected chi connectivity index (χ0v) is 16.4. The predicted octanol–water partition coefficient (Wildman–Crippen LogP) is 2.35. The summed E-state index contributed by atoms with van der Waals surface area (Å²) in [5.41, 5.74) is 3.58. The molecule has 2 aromatic carbocycles. The van der Waals surface area contributed by atoms with Crippen molar-refractivity contribution in [2.24, 2.45) is 0 Å². The lowest BCUT2D eigenvalue weighted by atomic mass is 9.90. The Bertz CT molecular complexity index is 899. The second kappa shape index (κ2) is 8.27. The van der Waals surface area contributed by atoms with Gasteiger partial charge in [0.1, 0.15) is 5.75 Å². The van der Waals surface area contributed by atoms with E-state index in [1.165, 1.54) is 16.5 Å². The van der Waals surface area contributed by atoms with Crippen molar-refractivity contribution in [1.29, 1.82) is 0 Å². The minimum atomic E-state index is -0.119. The number of hydrogen-bond donors (Lipinski definition) is 2. The van der Waals surface area contributed by atoms with Crippen LogP contribution in [0.4, 0.5) is 0 Å². The second-order valence-electron chi connectivity index (χ2n) is 7.11. The van der Waals surface area contributed by atoms with Crippen LogP contribution in [0, 0.1) is 0 Å². The van der Waals surface area contributed by atoms with Gasteiger partial charge >= 0.3 is 0 Å². The molecule has 1 amide bonds. The van der Waals surface area contributed by atoms with Gasteiger partial charge in [-0.05, 0) is 36.2 Å². The summed E-state index contributed by atoms with van der Waals surface area (Å²) in [6, 6.07) is 16.4. The third kappa shape index (κ3) is 4.14. The van der Waals surface area contributed by atoms with Gasteiger partial charge in [0.15, 0.2) is 6.04 Å². The van der Waals surface area contributed by atoms with Crippen LogP contribution in [-0.2, 0) is 4.79 Å². The minimum absolute atomic E-state index is 0.119. The fraction of sp³-hybridized carbons (Fsp3) is 0.318. The molecule has 0 aliphatic rings. The van der Waals surface area contributed by atoms with Crippen molar-refractivity contribution in [2.45, 2.75) is 18.9 Å². The normalized spacial score (nSPS) is 13.3. The molecule has 0 unspecified atom stereocenters. The van der Waals surface area contributed by atoms with Crippen LogP contribution in [0.15, 0.2) is 54.7 Å². The Kier molecular flexibility index (Phi) is 5.81. The number of nitrogens with one attached hydrogen (secondary N) is 1. The predicted molar refractivity (Wildman–Crippen MR) is 108 cm³/mol. The molecule has 0 aliphatic carbocycles. The first-order chi connectivity index (χ1) is 13.0. The number of nitrogens with zero attached hydrogens (tertiary/aromatic N) is 1. The van der Waals surface area contributed by atoms with E-state index in [-0.39, 0.29) is 17.9 Å². The molecule has 3 N–H and O–H groups in total. The lowest BCUT2D eigenvalue weighted by Crippen LogP contribution is -2.92. The van der Waals surface area contributed by atoms with E-state index in [0.717, 1.165) is 17.8 Å². The van der Waals surface area contributed by atoms with Gasteiger partial charge in [0.25, 0.3) is 5.91 Å². The van der Waals surface area contributed by atoms with E-state index in [0.29, 0.717) is 0 Å². The van der Waals surface area contributed by atoms with Gasteiger partial charge < -0.3 is 19.9 Å². The lowest BCUT2D eigenvalue weighted by molar-refractivity contribution is -0.675. The molecular weight excluding hydrogens is 338 g/mol. The Morgan fingerprint density at radius 2 is 1.85 bits per heavy atom. The number of carbonyl (C=O) groups is 1. The van der Waals surface area contributed by atoms with E-state index in [1.807, 2.05) is 25.1 Å². The molecule has 0 saturated carbocycles. The summed E-state index contributed by atoms with van der Waals surface area (Å²) < 4.78 is 5.30. The molecule has 0 spiro atoms. The molecule has 1 aromatic heterocycles. The number of fused-ring (bicyclic) bond motifs is 1. The van der Waals surface area contributed by atoms with Crippen LogP contribution < -0.4 is 10.1 Å². The van der Waals surface area contributed by atoms with Crippen LogP contribution in [0.25, 0.3) is 10.9 Å². The molecule has 0 aliphatic heterocycles. The van der Waals surface area contributed by atoms with Crippen molar-refractivity contribution in [3.63, 3.8) is 0 Å². The molecule has 142 valence electrons. The van der Waals surface area contributed by atoms with Crippen LogP contribution in [-0.4, -0.2) is 49.6 Å². The Morgan fingerprint density at radius 3 is 2.52 bits per heavy atom. The lowest BCUT2D eigenvalue weighted by Gasteiger charge is -2.20. The number of methoxy groups -OCH3 is 1. The number of quaternary nitrogens is 1. The summed E-state index contributed by atoms with van der Waals surface area (Å²) in [4.78, 5) is 17.3. The van der Waals surface area contributed by atoms with Gasteiger partial charge in [-0.25, -0.2) is 0 Å². The Labute approximate surface area is 160 Å². The van der Waals surface area contributed by atoms with Crippen molar-refractivity contribution in [1.82, 2.24) is 9.88 Å². The molecule has 2 atom stereocenters. The Balaban J connectivity index is 1.92. The maximum atomic E-state index is 12.2. The van der Waals surface area contributed by atoms with Crippen molar-refractivity contribution in [3.05, 3.63) is 65.9 Å². The van der Waals surface area contributed by atoms with Crippen LogP contribution >= 0.6 is 0 Å². The summed E-state index contributed by atoms with van der Waals surface area (Å²) in [6.45, 7) is 2.75. The number of aromatic nitrogens is 1. The maximum Gasteiger partial charge on any atom is 0.279 e. The molecule has 3 aromatic rings. The van der Waals surface area contributed by atoms with Crippen LogP contribution in [0.2, 0.25) is 0 Å². The summed E-state index contributed by atoms with van der Waals surface area (Å²) in [6.07, 6.45) is 2.09. The number of carbonyl (C=O) groups excluding carboxylic acids is 1. The number of ether oxygens (including phenoxy) is 1. The molecule has 5 nitrogen and oxygen atoms in total. The molecule has 1 heterocycles. The molecule has 0 saturated heterocycles. The Hall–Kier alpha value is -2.79. The number of amides is 1. The largest absolute Gasteiger partial charge is 0.497 e. The quantitative estimate of drug-likeness (QED) is 0.674. The molecule has 0 bridgehead atoms. The third-order valence-electron chi connectivity index (χ3n) is 5.07. The van der Waals surface area contributed by atoms with Crippen molar-refractivity contribution in [3.8, 4) is 5.75 Å². The molecular formula is C22H28N3O2+. The molecule has 0 fully saturated rings. The summed E-state index contributed by atoms with van der Waals surface area (Å²) in [7, 11) is 5.27. The van der Waals surface area contributed by atoms with Crippen LogP contribution in [0.1, 0.15) is 24.0 Å². The summed E-state index contributed by atoms with van der Waals surface area (Å²) in [5, 5.41) is 3.34. The summed E-state index contributed by atoms with van der Waals surface area (Å²) in [5.74, 6) is 1.14. The SMILES string of the molecule is COc1ccc([C@@H](C[NH2+][C@@H](C)C(=O)N(C)C)c2c[nH]c3ccccc23)cc1. The number of benzene rings is 2. The Morgan fingerprint density at radius 1 is 1.15 bits per heavy atom. The number of hydrogen-bond acceptors (Lipinski definition) is 2. The highest BCUT2D eigenvalue weighted by Gasteiger charge is 2.24. The number of nitrogens with two attached hydrogens (primary N) is 1. The van der Waals surface area contributed by atoms with Crippen LogP contribution in [0.5, 0.6) is 5.75 Å². The van der Waals surface area contributed by atoms with Crippen LogP contribution in [0.3, 0.4) is 0 Å². The first-order valence-corrected chi connectivity index (χ1v) is 9.25. The highest BCUT2D eigenvalue weighted by Crippen LogP contribution is 2.30. The van der Waals surface area contributed by atoms with Gasteiger partial charge in [-0.3, -0.25) is 4.79 Å². The molecule has 0 radical (unpaired) electrons. The highest BCUT2D eigenvalue weighted by atomic mass is 16.5. The van der Waals surface area contributed by atoms with E-state index in [1.54, 1.807) is 26.1 Å². The van der Waals surface area contributed by atoms with Crippen molar-refractivity contribution >= 4 is 16.8 Å². The fourth-order valence-corrected chi connectivity index (χ4v) is 3.51. The van der Waals surface area contributed by atoms with Crippen molar-refractivity contribution in [2.75, 3.05) is 27.7 Å². The minimum Gasteiger partial charge on any atom is -0.497 e. The van der Waals surface area contributed by atoms with E-state index in [2.05, 4.69) is 46.8 Å². The molecule has 27 heavy (non-hydrogen) atoms. The van der Waals surface area contributed by atoms with Gasteiger partial charge in [-0.15, -0.1) is 0 Å². The van der Waals surface area contributed by atoms with E-state index >= 15 is 0 Å². The van der Waals surface area contributed by atoms with E-state index in [4.69, 9.17) is 4.74 Å². The number of likely N-dealkylation sites (N-methyl/N-ethyl adjacent to an activating group) is 1. The van der Waals surface area contributed by atoms with Gasteiger partial charge in [0.05, 0.1) is 19.6 Å². The monoisotopic (exact) mass is 366 g/mol. The van der Waals surface area contributed by atoms with Gasteiger partial charge in [0, 0.05) is 31.2 Å². The third-order valence-corrected chi connectivity index (χ3v) is 5.07. The topological polar surface area (TPSA) is 61.9 Å². The van der Waals surface area contributed by atoms with E-state index in [9.17, 15) is 4.79 Å². The highest BCUT2D eigenvalue weighted by molar-refractivity contribution is 5.84. The number of aromatic amines is 1. The molecule has 3 rings (SSSR count).